The molecule has 0 aliphatic carbocycles. The fourth-order valence-electron chi connectivity index (χ4n) is 2.51. The van der Waals surface area contributed by atoms with Crippen molar-refractivity contribution in [3.8, 4) is 0 Å². The summed E-state index contributed by atoms with van der Waals surface area (Å²) >= 11 is 0. The van der Waals surface area contributed by atoms with Gasteiger partial charge in [-0.2, -0.15) is 0 Å². The van der Waals surface area contributed by atoms with Gasteiger partial charge in [-0.3, -0.25) is 9.59 Å². The van der Waals surface area contributed by atoms with Crippen LogP contribution in [0.3, 0.4) is 0 Å². The van der Waals surface area contributed by atoms with Crippen LogP contribution in [0.15, 0.2) is 18.2 Å². The van der Waals surface area contributed by atoms with Gasteiger partial charge in [0.1, 0.15) is 11.9 Å². The van der Waals surface area contributed by atoms with Crippen LogP contribution in [-0.4, -0.2) is 29.3 Å². The van der Waals surface area contributed by atoms with E-state index >= 15 is 0 Å². The first-order valence-corrected chi connectivity index (χ1v) is 6.72. The van der Waals surface area contributed by atoms with Crippen LogP contribution in [0.5, 0.6) is 0 Å². The third-order valence-electron chi connectivity index (χ3n) is 3.62. The lowest BCUT2D eigenvalue weighted by Crippen LogP contribution is -2.59. The first-order valence-electron chi connectivity index (χ1n) is 6.72. The Kier molecular flexibility index (Phi) is 4.06. The molecule has 1 heterocycles. The Morgan fingerprint density at radius 1 is 1.40 bits per heavy atom. The quantitative estimate of drug-likeness (QED) is 0.913. The molecule has 1 aromatic carbocycles. The summed E-state index contributed by atoms with van der Waals surface area (Å²) in [5.74, 6) is -0.602. The van der Waals surface area contributed by atoms with E-state index in [4.69, 9.17) is 0 Å². The molecule has 1 fully saturated rings. The molecular formula is C15H19FN2O2. The predicted octanol–water partition coefficient (Wildman–Crippen LogP) is 1.62. The van der Waals surface area contributed by atoms with E-state index in [9.17, 15) is 14.0 Å². The minimum Gasteiger partial charge on any atom is -0.345 e. The van der Waals surface area contributed by atoms with Gasteiger partial charge in [-0.25, -0.2) is 4.39 Å². The number of benzene rings is 1. The monoisotopic (exact) mass is 278 g/mol. The van der Waals surface area contributed by atoms with E-state index in [2.05, 4.69) is 5.32 Å². The van der Waals surface area contributed by atoms with Crippen LogP contribution in [0.25, 0.3) is 0 Å². The van der Waals surface area contributed by atoms with Crippen molar-refractivity contribution in [2.45, 2.75) is 33.4 Å². The molecule has 0 radical (unpaired) electrons. The van der Waals surface area contributed by atoms with Gasteiger partial charge in [0, 0.05) is 6.54 Å². The van der Waals surface area contributed by atoms with Crippen molar-refractivity contribution in [2.24, 2.45) is 5.92 Å². The minimum atomic E-state index is -0.501. The highest BCUT2D eigenvalue weighted by molar-refractivity contribution is 5.94. The van der Waals surface area contributed by atoms with Crippen LogP contribution >= 0.6 is 0 Å². The Hall–Kier alpha value is -1.91. The van der Waals surface area contributed by atoms with Crippen molar-refractivity contribution in [3.05, 3.63) is 35.1 Å². The first kappa shape index (κ1) is 14.5. The molecule has 1 saturated heterocycles. The highest BCUT2D eigenvalue weighted by Crippen LogP contribution is 2.20. The number of halogens is 1. The molecule has 1 atom stereocenters. The molecule has 1 aliphatic heterocycles. The van der Waals surface area contributed by atoms with Gasteiger partial charge < -0.3 is 10.2 Å². The topological polar surface area (TPSA) is 49.4 Å². The third-order valence-corrected chi connectivity index (χ3v) is 3.62. The highest BCUT2D eigenvalue weighted by atomic mass is 19.1. The number of rotatable bonds is 3. The van der Waals surface area contributed by atoms with Gasteiger partial charge >= 0.3 is 0 Å². The Bertz CT molecular complexity index is 543. The summed E-state index contributed by atoms with van der Waals surface area (Å²) in [7, 11) is 0. The average molecular weight is 278 g/mol. The lowest BCUT2D eigenvalue weighted by atomic mass is 9.98. The maximum absolute atomic E-state index is 13.3. The fourth-order valence-corrected chi connectivity index (χ4v) is 2.51. The second kappa shape index (κ2) is 5.61. The van der Waals surface area contributed by atoms with Gasteiger partial charge in [-0.15, -0.1) is 0 Å². The molecule has 0 aromatic heterocycles. The summed E-state index contributed by atoms with van der Waals surface area (Å²) in [4.78, 5) is 25.6. The molecule has 5 heteroatoms. The molecule has 0 saturated carbocycles. The number of nitrogens with zero attached hydrogens (tertiary/aromatic N) is 1. The van der Waals surface area contributed by atoms with E-state index in [0.29, 0.717) is 0 Å². The SMILES string of the molecule is Cc1ccc(F)cc1CN1C(=O)CNC(=O)C1C(C)C. The number of hydrogen-bond acceptors (Lipinski definition) is 2. The molecule has 1 aliphatic rings. The number of hydrogen-bond donors (Lipinski definition) is 1. The van der Waals surface area contributed by atoms with E-state index in [-0.39, 0.29) is 36.6 Å². The zero-order valence-corrected chi connectivity index (χ0v) is 11.9. The van der Waals surface area contributed by atoms with Crippen molar-refractivity contribution in [3.63, 3.8) is 0 Å². The van der Waals surface area contributed by atoms with Crippen molar-refractivity contribution in [2.75, 3.05) is 6.54 Å². The molecule has 0 spiro atoms. The summed E-state index contributed by atoms with van der Waals surface area (Å²) in [6, 6.07) is 4.00. The maximum Gasteiger partial charge on any atom is 0.243 e. The van der Waals surface area contributed by atoms with E-state index in [1.54, 1.807) is 11.0 Å². The molecule has 1 N–H and O–H groups in total. The van der Waals surface area contributed by atoms with Crippen molar-refractivity contribution in [1.29, 1.82) is 0 Å². The molecule has 1 aromatic rings. The number of aryl methyl sites for hydroxylation is 1. The number of piperazine rings is 1. The molecule has 1 unspecified atom stereocenters. The molecule has 2 rings (SSSR count). The van der Waals surface area contributed by atoms with E-state index in [1.807, 2.05) is 20.8 Å². The van der Waals surface area contributed by atoms with E-state index in [1.165, 1.54) is 12.1 Å². The van der Waals surface area contributed by atoms with Gasteiger partial charge in [0.05, 0.1) is 6.54 Å². The molecule has 108 valence electrons. The maximum atomic E-state index is 13.3. The second-order valence-electron chi connectivity index (χ2n) is 5.50. The second-order valence-corrected chi connectivity index (χ2v) is 5.50. The number of amides is 2. The van der Waals surface area contributed by atoms with Crippen LogP contribution in [0.2, 0.25) is 0 Å². The number of nitrogens with one attached hydrogen (secondary N) is 1. The van der Waals surface area contributed by atoms with E-state index < -0.39 is 6.04 Å². The summed E-state index contributed by atoms with van der Waals surface area (Å²) < 4.78 is 13.3. The fraction of sp³-hybridized carbons (Fsp3) is 0.467. The van der Waals surface area contributed by atoms with Crippen LogP contribution in [0.4, 0.5) is 4.39 Å². The van der Waals surface area contributed by atoms with Crippen LogP contribution in [0, 0.1) is 18.7 Å². The summed E-state index contributed by atoms with van der Waals surface area (Å²) in [5, 5.41) is 2.60. The molecule has 2 amide bonds. The molecule has 20 heavy (non-hydrogen) atoms. The average Bonchev–Trinajstić information content (AvgIpc) is 2.37. The number of carbonyl (C=O) groups excluding carboxylic acids is 2. The molecule has 0 bridgehead atoms. The Morgan fingerprint density at radius 3 is 2.75 bits per heavy atom. The largest absolute Gasteiger partial charge is 0.345 e. The molecular weight excluding hydrogens is 259 g/mol. The lowest BCUT2D eigenvalue weighted by molar-refractivity contribution is -0.148. The van der Waals surface area contributed by atoms with Gasteiger partial charge in [-0.05, 0) is 36.1 Å². The van der Waals surface area contributed by atoms with Crippen molar-refractivity contribution >= 4 is 11.8 Å². The number of carbonyl (C=O) groups is 2. The highest BCUT2D eigenvalue weighted by Gasteiger charge is 2.36. The van der Waals surface area contributed by atoms with E-state index in [0.717, 1.165) is 11.1 Å². The summed E-state index contributed by atoms with van der Waals surface area (Å²) in [6.07, 6.45) is 0. The van der Waals surface area contributed by atoms with Gasteiger partial charge in [0.25, 0.3) is 0 Å². The van der Waals surface area contributed by atoms with Crippen LogP contribution in [-0.2, 0) is 16.1 Å². The third kappa shape index (κ3) is 2.81. The van der Waals surface area contributed by atoms with Gasteiger partial charge in [-0.1, -0.05) is 19.9 Å². The molecule has 4 nitrogen and oxygen atoms in total. The van der Waals surface area contributed by atoms with Gasteiger partial charge in [0.2, 0.25) is 11.8 Å². The normalized spacial score (nSPS) is 19.4. The smallest absolute Gasteiger partial charge is 0.243 e. The lowest BCUT2D eigenvalue weighted by Gasteiger charge is -2.37. The minimum absolute atomic E-state index is 0.00751. The summed E-state index contributed by atoms with van der Waals surface area (Å²) in [5.41, 5.74) is 1.64. The van der Waals surface area contributed by atoms with Gasteiger partial charge in [0.15, 0.2) is 0 Å². The van der Waals surface area contributed by atoms with Crippen LogP contribution < -0.4 is 5.32 Å². The predicted molar refractivity (Wildman–Crippen MR) is 73.3 cm³/mol. The zero-order valence-electron chi connectivity index (χ0n) is 11.9. The Morgan fingerprint density at radius 2 is 2.10 bits per heavy atom. The Balaban J connectivity index is 2.30. The zero-order chi connectivity index (χ0) is 14.9. The van der Waals surface area contributed by atoms with Crippen molar-refractivity contribution in [1.82, 2.24) is 10.2 Å². The standard InChI is InChI=1S/C15H19FN2O2/c1-9(2)14-15(20)17-7-13(19)18(14)8-11-6-12(16)5-4-10(11)3/h4-6,9,14H,7-8H2,1-3H3,(H,17,20). The first-order chi connectivity index (χ1) is 9.40. The Labute approximate surface area is 118 Å². The van der Waals surface area contributed by atoms with Crippen molar-refractivity contribution < 1.29 is 14.0 Å². The van der Waals surface area contributed by atoms with Crippen LogP contribution in [0.1, 0.15) is 25.0 Å². The summed E-state index contributed by atoms with van der Waals surface area (Å²) in [6.45, 7) is 5.94.